The lowest BCUT2D eigenvalue weighted by atomic mass is 9.87. The van der Waals surface area contributed by atoms with Gasteiger partial charge in [0.15, 0.2) is 0 Å². The SMILES string of the molecule is CCOC(=O)Cn1c2c(sc1=O)[C@@H](c1ccco1)[C@@H]1C(=O)N(c3ccc(Cl)cc3)C(=O)[C@@H]1S2. The monoisotopic (exact) mass is 504 g/mol. The van der Waals surface area contributed by atoms with Gasteiger partial charge in [0.25, 0.3) is 0 Å². The zero-order chi connectivity index (χ0) is 23.3. The Labute approximate surface area is 201 Å². The molecule has 1 aromatic carbocycles. The fourth-order valence-corrected chi connectivity index (χ4v) is 7.09. The summed E-state index contributed by atoms with van der Waals surface area (Å²) in [5.74, 6) is -2.21. The van der Waals surface area contributed by atoms with Crippen molar-refractivity contribution in [2.45, 2.75) is 29.7 Å². The summed E-state index contributed by atoms with van der Waals surface area (Å²) in [5, 5.41) is 0.196. The van der Waals surface area contributed by atoms with Crippen LogP contribution in [0.3, 0.4) is 0 Å². The van der Waals surface area contributed by atoms with Crippen LogP contribution in [-0.2, 0) is 25.7 Å². The molecule has 0 radical (unpaired) electrons. The fourth-order valence-electron chi connectivity index (χ4n) is 4.21. The molecule has 1 saturated heterocycles. The van der Waals surface area contributed by atoms with Crippen molar-refractivity contribution in [3.63, 3.8) is 0 Å². The van der Waals surface area contributed by atoms with Crippen LogP contribution >= 0.6 is 34.7 Å². The number of anilines is 1. The summed E-state index contributed by atoms with van der Waals surface area (Å²) in [4.78, 5) is 53.3. The molecular weight excluding hydrogens is 488 g/mol. The number of thiazole rings is 1. The molecule has 0 bridgehead atoms. The number of benzene rings is 1. The van der Waals surface area contributed by atoms with Gasteiger partial charge in [-0.1, -0.05) is 34.7 Å². The molecule has 1 fully saturated rings. The average Bonchev–Trinajstić information content (AvgIpc) is 3.48. The van der Waals surface area contributed by atoms with E-state index in [-0.39, 0.29) is 29.8 Å². The molecule has 0 spiro atoms. The zero-order valence-electron chi connectivity index (χ0n) is 17.2. The van der Waals surface area contributed by atoms with Crippen LogP contribution in [0.1, 0.15) is 23.5 Å². The number of carbonyl (C=O) groups excluding carboxylic acids is 3. The van der Waals surface area contributed by atoms with E-state index in [0.29, 0.717) is 26.4 Å². The first-order valence-corrected chi connectivity index (χ1v) is 12.2. The first-order valence-electron chi connectivity index (χ1n) is 10.1. The van der Waals surface area contributed by atoms with Gasteiger partial charge in [0.1, 0.15) is 17.6 Å². The van der Waals surface area contributed by atoms with Gasteiger partial charge in [-0.25, -0.2) is 4.90 Å². The third-order valence-corrected chi connectivity index (χ3v) is 8.43. The van der Waals surface area contributed by atoms with E-state index < -0.39 is 23.1 Å². The van der Waals surface area contributed by atoms with Crippen molar-refractivity contribution in [1.82, 2.24) is 4.57 Å². The van der Waals surface area contributed by atoms with Gasteiger partial charge in [-0.15, -0.1) is 0 Å². The third-order valence-electron chi connectivity index (χ3n) is 5.58. The average molecular weight is 505 g/mol. The summed E-state index contributed by atoms with van der Waals surface area (Å²) < 4.78 is 12.0. The van der Waals surface area contributed by atoms with Crippen LogP contribution in [0.15, 0.2) is 56.9 Å². The van der Waals surface area contributed by atoms with Gasteiger partial charge in [-0.2, -0.15) is 0 Å². The number of hydrogen-bond donors (Lipinski definition) is 0. The Balaban J connectivity index is 1.61. The van der Waals surface area contributed by atoms with E-state index in [1.54, 1.807) is 43.3 Å². The Hall–Kier alpha value is -2.82. The number of aromatic nitrogens is 1. The minimum absolute atomic E-state index is 0.190. The molecule has 0 N–H and O–H groups in total. The van der Waals surface area contributed by atoms with E-state index in [2.05, 4.69) is 0 Å². The normalized spacial score (nSPS) is 21.8. The van der Waals surface area contributed by atoms with Crippen molar-refractivity contribution in [2.24, 2.45) is 5.92 Å². The molecular formula is C22H17ClN2O6S2. The number of amides is 2. The standard InChI is InChI=1S/C22H17ClN2O6S2/c1-2-30-14(26)10-24-21-18(33-22(24)29)15(13-4-3-9-31-13)16-17(32-21)20(28)25(19(16)27)12-7-5-11(23)6-8-12/h3-9,15-17H,2,10H2,1H3/t15-,16-,17+/m0/s1. The van der Waals surface area contributed by atoms with Gasteiger partial charge in [0.2, 0.25) is 11.8 Å². The molecule has 8 nitrogen and oxygen atoms in total. The maximum atomic E-state index is 13.6. The van der Waals surface area contributed by atoms with E-state index in [1.807, 2.05) is 0 Å². The molecule has 170 valence electrons. The summed E-state index contributed by atoms with van der Waals surface area (Å²) in [6.07, 6.45) is 1.49. The number of carbonyl (C=O) groups is 3. The van der Waals surface area contributed by atoms with E-state index in [0.717, 1.165) is 23.1 Å². The summed E-state index contributed by atoms with van der Waals surface area (Å²) in [5.41, 5.74) is 0.426. The van der Waals surface area contributed by atoms with Gasteiger partial charge in [0, 0.05) is 5.02 Å². The van der Waals surface area contributed by atoms with E-state index in [4.69, 9.17) is 20.8 Å². The maximum Gasteiger partial charge on any atom is 0.326 e. The highest BCUT2D eigenvalue weighted by Gasteiger charge is 2.57. The Bertz CT molecular complexity index is 1300. The number of esters is 1. The number of nitrogens with zero attached hydrogens (tertiary/aromatic N) is 2. The summed E-state index contributed by atoms with van der Waals surface area (Å²) >= 11 is 8.06. The number of imide groups is 1. The number of hydrogen-bond acceptors (Lipinski definition) is 8. The molecule has 5 rings (SSSR count). The first kappa shape index (κ1) is 22.0. The second-order valence-corrected chi connectivity index (χ2v) is 10.0. The van der Waals surface area contributed by atoms with Crippen LogP contribution in [0.25, 0.3) is 0 Å². The van der Waals surface area contributed by atoms with Crippen molar-refractivity contribution < 1.29 is 23.5 Å². The van der Waals surface area contributed by atoms with Crippen molar-refractivity contribution >= 4 is 58.2 Å². The van der Waals surface area contributed by atoms with E-state index >= 15 is 0 Å². The minimum atomic E-state index is -0.779. The van der Waals surface area contributed by atoms with Crippen LogP contribution in [0.2, 0.25) is 5.02 Å². The highest BCUT2D eigenvalue weighted by molar-refractivity contribution is 8.00. The third kappa shape index (κ3) is 3.62. The number of thioether (sulfide) groups is 1. The molecule has 2 aliphatic rings. The fraction of sp³-hybridized carbons (Fsp3) is 0.273. The molecule has 2 amide bonds. The predicted molar refractivity (Wildman–Crippen MR) is 123 cm³/mol. The summed E-state index contributed by atoms with van der Waals surface area (Å²) in [6, 6.07) is 9.89. The van der Waals surface area contributed by atoms with E-state index in [9.17, 15) is 19.2 Å². The molecule has 4 heterocycles. The largest absolute Gasteiger partial charge is 0.469 e. The minimum Gasteiger partial charge on any atom is -0.469 e. The molecule has 0 saturated carbocycles. The zero-order valence-corrected chi connectivity index (χ0v) is 19.6. The first-order chi connectivity index (χ1) is 15.9. The number of rotatable bonds is 5. The lowest BCUT2D eigenvalue weighted by Gasteiger charge is -2.28. The van der Waals surface area contributed by atoms with Crippen LogP contribution in [0, 0.1) is 5.92 Å². The van der Waals surface area contributed by atoms with E-state index in [1.165, 1.54) is 15.7 Å². The number of ether oxygens (including phenoxy) is 1. The second kappa shape index (κ2) is 8.51. The van der Waals surface area contributed by atoms with Crippen molar-refractivity contribution in [3.8, 4) is 0 Å². The summed E-state index contributed by atoms with van der Waals surface area (Å²) in [7, 11) is 0. The molecule has 33 heavy (non-hydrogen) atoms. The Kier molecular flexibility index (Phi) is 5.67. The summed E-state index contributed by atoms with van der Waals surface area (Å²) in [6.45, 7) is 1.61. The van der Waals surface area contributed by atoms with Crippen LogP contribution < -0.4 is 9.77 Å². The molecule has 0 aliphatic carbocycles. The molecule has 3 aromatic rings. The van der Waals surface area contributed by atoms with Crippen LogP contribution in [0.4, 0.5) is 5.69 Å². The molecule has 11 heteroatoms. The van der Waals surface area contributed by atoms with Gasteiger partial charge in [0.05, 0.1) is 40.3 Å². The smallest absolute Gasteiger partial charge is 0.326 e. The maximum absolute atomic E-state index is 13.6. The number of halogens is 1. The molecule has 0 unspecified atom stereocenters. The highest BCUT2D eigenvalue weighted by Crippen LogP contribution is 2.53. The van der Waals surface area contributed by atoms with Gasteiger partial charge in [-0.05, 0) is 43.3 Å². The predicted octanol–water partition coefficient (Wildman–Crippen LogP) is 3.52. The second-order valence-electron chi connectivity index (χ2n) is 7.47. The number of fused-ring (bicyclic) bond motifs is 2. The topological polar surface area (TPSA) is 98.8 Å². The number of furan rings is 1. The van der Waals surface area contributed by atoms with Crippen LogP contribution in [-0.4, -0.2) is 34.2 Å². The van der Waals surface area contributed by atoms with Crippen LogP contribution in [0.5, 0.6) is 0 Å². The van der Waals surface area contributed by atoms with Gasteiger partial charge >= 0.3 is 10.8 Å². The lowest BCUT2D eigenvalue weighted by Crippen LogP contribution is -2.32. The highest BCUT2D eigenvalue weighted by atomic mass is 35.5. The molecule has 3 atom stereocenters. The molecule has 2 aliphatic heterocycles. The Morgan fingerprint density at radius 2 is 1.91 bits per heavy atom. The Morgan fingerprint density at radius 1 is 1.15 bits per heavy atom. The van der Waals surface area contributed by atoms with Crippen molar-refractivity contribution in [3.05, 3.63) is 68.0 Å². The van der Waals surface area contributed by atoms with Crippen molar-refractivity contribution in [2.75, 3.05) is 11.5 Å². The quantitative estimate of drug-likeness (QED) is 0.387. The Morgan fingerprint density at radius 3 is 2.58 bits per heavy atom. The van der Waals surface area contributed by atoms with Gasteiger partial charge < -0.3 is 9.15 Å². The van der Waals surface area contributed by atoms with Crippen molar-refractivity contribution in [1.29, 1.82) is 0 Å². The lowest BCUT2D eigenvalue weighted by molar-refractivity contribution is -0.144. The van der Waals surface area contributed by atoms with Gasteiger partial charge in [-0.3, -0.25) is 23.7 Å². The molecule has 2 aromatic heterocycles.